The minimum Gasteiger partial charge on any atom is -0.508 e. The predicted molar refractivity (Wildman–Crippen MR) is 83.6 cm³/mol. The molecule has 0 saturated heterocycles. The van der Waals surface area contributed by atoms with E-state index < -0.39 is 30.1 Å². The van der Waals surface area contributed by atoms with E-state index in [0.717, 1.165) is 0 Å². The molecule has 2 rings (SSSR count). The van der Waals surface area contributed by atoms with Crippen molar-refractivity contribution in [3.63, 3.8) is 0 Å². The number of phenols is 1. The van der Waals surface area contributed by atoms with Gasteiger partial charge in [0, 0.05) is 25.3 Å². The third-order valence-electron chi connectivity index (χ3n) is 3.61. The standard InChI is InChI=1S/C17H20O7/c1-10(18)23-9-16-17(24-11(2)19)13(6-7-22-16)14-8-12(21-3)4-5-15(14)20/h4-8,13,16-17,20H,9H2,1-3H3/t13-,16-,17+/m1/s1. The molecule has 0 saturated carbocycles. The molecule has 1 aliphatic heterocycles. The molecule has 0 aromatic heterocycles. The van der Waals surface area contributed by atoms with E-state index >= 15 is 0 Å². The molecule has 1 heterocycles. The third-order valence-corrected chi connectivity index (χ3v) is 3.61. The quantitative estimate of drug-likeness (QED) is 0.821. The first-order valence-corrected chi connectivity index (χ1v) is 7.42. The van der Waals surface area contributed by atoms with Crippen LogP contribution in [0.1, 0.15) is 25.3 Å². The van der Waals surface area contributed by atoms with Crippen molar-refractivity contribution in [3.05, 3.63) is 36.1 Å². The number of hydrogen-bond acceptors (Lipinski definition) is 7. The summed E-state index contributed by atoms with van der Waals surface area (Å²) in [7, 11) is 1.52. The summed E-state index contributed by atoms with van der Waals surface area (Å²) >= 11 is 0. The highest BCUT2D eigenvalue weighted by molar-refractivity contribution is 5.67. The molecule has 0 unspecified atom stereocenters. The summed E-state index contributed by atoms with van der Waals surface area (Å²) in [6, 6.07) is 4.79. The number of rotatable bonds is 5. The molecule has 7 heteroatoms. The molecule has 0 aliphatic carbocycles. The van der Waals surface area contributed by atoms with Crippen LogP contribution in [0.3, 0.4) is 0 Å². The molecule has 1 N–H and O–H groups in total. The predicted octanol–water partition coefficient (Wildman–Crippen LogP) is 1.89. The van der Waals surface area contributed by atoms with Crippen LogP contribution in [0, 0.1) is 0 Å². The van der Waals surface area contributed by atoms with E-state index in [1.54, 1.807) is 18.2 Å². The summed E-state index contributed by atoms with van der Waals surface area (Å²) in [5.74, 6) is -0.843. The maximum atomic E-state index is 11.5. The molecular weight excluding hydrogens is 316 g/mol. The number of carbonyl (C=O) groups is 2. The Morgan fingerprint density at radius 1 is 1.25 bits per heavy atom. The van der Waals surface area contributed by atoms with Crippen LogP contribution < -0.4 is 4.74 Å². The lowest BCUT2D eigenvalue weighted by molar-refractivity contribution is -0.161. The number of esters is 2. The number of hydrogen-bond donors (Lipinski definition) is 1. The SMILES string of the molecule is COc1ccc(O)c([C@H]2C=CO[C@H](COC(C)=O)[C@H]2OC(C)=O)c1. The minimum absolute atomic E-state index is 0.0377. The molecule has 7 nitrogen and oxygen atoms in total. The van der Waals surface area contributed by atoms with E-state index in [-0.39, 0.29) is 12.4 Å². The van der Waals surface area contributed by atoms with Gasteiger partial charge in [-0.15, -0.1) is 0 Å². The van der Waals surface area contributed by atoms with Gasteiger partial charge >= 0.3 is 11.9 Å². The lowest BCUT2D eigenvalue weighted by atomic mass is 9.88. The van der Waals surface area contributed by atoms with Crippen LogP contribution in [0.25, 0.3) is 0 Å². The molecule has 0 radical (unpaired) electrons. The van der Waals surface area contributed by atoms with Crippen LogP contribution in [0.15, 0.2) is 30.5 Å². The van der Waals surface area contributed by atoms with Crippen LogP contribution >= 0.6 is 0 Å². The average Bonchev–Trinajstić information content (AvgIpc) is 2.54. The summed E-state index contributed by atoms with van der Waals surface area (Å²) in [6.07, 6.45) is 1.67. The fourth-order valence-corrected chi connectivity index (χ4v) is 2.53. The van der Waals surface area contributed by atoms with Crippen molar-refractivity contribution in [2.45, 2.75) is 32.0 Å². The van der Waals surface area contributed by atoms with E-state index in [1.807, 2.05) is 0 Å². The lowest BCUT2D eigenvalue weighted by Gasteiger charge is -2.34. The van der Waals surface area contributed by atoms with E-state index in [0.29, 0.717) is 11.3 Å². The zero-order valence-corrected chi connectivity index (χ0v) is 13.7. The maximum Gasteiger partial charge on any atom is 0.303 e. The molecule has 130 valence electrons. The van der Waals surface area contributed by atoms with Gasteiger partial charge in [-0.2, -0.15) is 0 Å². The van der Waals surface area contributed by atoms with Gasteiger partial charge in [-0.3, -0.25) is 9.59 Å². The number of benzene rings is 1. The summed E-state index contributed by atoms with van der Waals surface area (Å²) < 4.78 is 21.0. The van der Waals surface area contributed by atoms with Crippen molar-refractivity contribution in [1.82, 2.24) is 0 Å². The summed E-state index contributed by atoms with van der Waals surface area (Å²) in [5.41, 5.74) is 0.521. The molecule has 24 heavy (non-hydrogen) atoms. The largest absolute Gasteiger partial charge is 0.508 e. The van der Waals surface area contributed by atoms with E-state index in [9.17, 15) is 14.7 Å². The van der Waals surface area contributed by atoms with Gasteiger partial charge in [0.05, 0.1) is 13.4 Å². The second-order valence-electron chi connectivity index (χ2n) is 5.33. The van der Waals surface area contributed by atoms with E-state index in [2.05, 4.69) is 0 Å². The van der Waals surface area contributed by atoms with Gasteiger partial charge in [0.25, 0.3) is 0 Å². The molecule has 3 atom stereocenters. The average molecular weight is 336 g/mol. The van der Waals surface area contributed by atoms with Gasteiger partial charge < -0.3 is 24.1 Å². The highest BCUT2D eigenvalue weighted by Crippen LogP contribution is 2.37. The van der Waals surface area contributed by atoms with Gasteiger partial charge in [0.1, 0.15) is 18.1 Å². The topological polar surface area (TPSA) is 91.3 Å². The molecule has 1 aliphatic rings. The monoisotopic (exact) mass is 336 g/mol. The molecule has 0 fully saturated rings. The maximum absolute atomic E-state index is 11.5. The second-order valence-corrected chi connectivity index (χ2v) is 5.33. The first kappa shape index (κ1) is 17.7. The normalized spacial score (nSPS) is 22.4. The van der Waals surface area contributed by atoms with Crippen LogP contribution in [-0.4, -0.2) is 43.0 Å². The number of carbonyl (C=O) groups excluding carboxylic acids is 2. The number of ether oxygens (including phenoxy) is 4. The van der Waals surface area contributed by atoms with Crippen molar-refractivity contribution < 1.29 is 33.6 Å². The summed E-state index contributed by atoms with van der Waals surface area (Å²) in [6.45, 7) is 2.49. The van der Waals surface area contributed by atoms with Gasteiger partial charge in [0.2, 0.25) is 0 Å². The first-order chi connectivity index (χ1) is 11.4. The molecule has 0 amide bonds. The fourth-order valence-electron chi connectivity index (χ4n) is 2.53. The Morgan fingerprint density at radius 2 is 2.00 bits per heavy atom. The zero-order valence-electron chi connectivity index (χ0n) is 13.7. The summed E-state index contributed by atoms with van der Waals surface area (Å²) in [4.78, 5) is 22.5. The smallest absolute Gasteiger partial charge is 0.303 e. The highest BCUT2D eigenvalue weighted by Gasteiger charge is 2.38. The van der Waals surface area contributed by atoms with E-state index in [4.69, 9.17) is 18.9 Å². The van der Waals surface area contributed by atoms with Crippen LogP contribution in [0.4, 0.5) is 0 Å². The van der Waals surface area contributed by atoms with Crippen molar-refractivity contribution in [2.24, 2.45) is 0 Å². The Balaban J connectivity index is 2.34. The zero-order chi connectivity index (χ0) is 17.7. The number of phenolic OH excluding ortho intramolecular Hbond substituents is 1. The Labute approximate surface area is 139 Å². The van der Waals surface area contributed by atoms with Crippen molar-refractivity contribution >= 4 is 11.9 Å². The first-order valence-electron chi connectivity index (χ1n) is 7.42. The Morgan fingerprint density at radius 3 is 2.62 bits per heavy atom. The van der Waals surface area contributed by atoms with Gasteiger partial charge in [0.15, 0.2) is 12.2 Å². The third kappa shape index (κ3) is 4.18. The van der Waals surface area contributed by atoms with Crippen LogP contribution in [-0.2, 0) is 23.8 Å². The van der Waals surface area contributed by atoms with Gasteiger partial charge in [-0.05, 0) is 24.3 Å². The molecule has 0 spiro atoms. The van der Waals surface area contributed by atoms with Crippen molar-refractivity contribution in [1.29, 1.82) is 0 Å². The minimum atomic E-state index is -0.759. The molecule has 1 aromatic rings. The molecular formula is C17H20O7. The van der Waals surface area contributed by atoms with Crippen LogP contribution in [0.2, 0.25) is 0 Å². The number of aromatic hydroxyl groups is 1. The van der Waals surface area contributed by atoms with Gasteiger partial charge in [-0.1, -0.05) is 0 Å². The molecule has 0 bridgehead atoms. The lowest BCUT2D eigenvalue weighted by Crippen LogP contribution is -2.42. The highest BCUT2D eigenvalue weighted by atomic mass is 16.6. The number of methoxy groups -OCH3 is 1. The Kier molecular flexibility index (Phi) is 5.68. The fraction of sp³-hybridized carbons (Fsp3) is 0.412. The Hall–Kier alpha value is -2.70. The van der Waals surface area contributed by atoms with Crippen molar-refractivity contribution in [3.8, 4) is 11.5 Å². The second kappa shape index (κ2) is 7.72. The summed E-state index contributed by atoms with van der Waals surface area (Å²) in [5, 5.41) is 10.2. The Bertz CT molecular complexity index is 638. The van der Waals surface area contributed by atoms with Crippen LogP contribution in [0.5, 0.6) is 11.5 Å². The van der Waals surface area contributed by atoms with Crippen molar-refractivity contribution in [2.75, 3.05) is 13.7 Å². The molecule has 1 aromatic carbocycles. The van der Waals surface area contributed by atoms with Gasteiger partial charge in [-0.25, -0.2) is 0 Å². The van der Waals surface area contributed by atoms with E-state index in [1.165, 1.54) is 33.3 Å².